The largest absolute Gasteiger partial charge is 0.455 e. The van der Waals surface area contributed by atoms with Gasteiger partial charge < -0.3 is 4.74 Å². The second-order valence-electron chi connectivity index (χ2n) is 13.7. The molecule has 220 valence electrons. The number of esters is 1. The van der Waals surface area contributed by atoms with E-state index in [1.807, 2.05) is 6.92 Å². The van der Waals surface area contributed by atoms with Gasteiger partial charge in [-0.05, 0) is 56.8 Å². The molecular weight excluding hydrogens is 464 g/mol. The van der Waals surface area contributed by atoms with E-state index in [4.69, 9.17) is 4.74 Å². The van der Waals surface area contributed by atoms with Crippen LogP contribution >= 0.6 is 0 Å². The lowest BCUT2D eigenvalue weighted by molar-refractivity contribution is -0.179. The molecule has 0 aliphatic heterocycles. The Balaban J connectivity index is 1.97. The Labute approximate surface area is 237 Å². The molecule has 0 aromatic rings. The van der Waals surface area contributed by atoms with Crippen molar-refractivity contribution in [3.05, 3.63) is 12.2 Å². The summed E-state index contributed by atoms with van der Waals surface area (Å²) in [6, 6.07) is 0. The van der Waals surface area contributed by atoms with Gasteiger partial charge >= 0.3 is 5.97 Å². The van der Waals surface area contributed by atoms with Gasteiger partial charge in [0.1, 0.15) is 5.60 Å². The Morgan fingerprint density at radius 2 is 0.842 bits per heavy atom. The first-order valence-corrected chi connectivity index (χ1v) is 17.5. The summed E-state index contributed by atoms with van der Waals surface area (Å²) in [4.78, 5) is 13.5. The first-order chi connectivity index (χ1) is 18.6. The second-order valence-corrected chi connectivity index (χ2v) is 13.7. The van der Waals surface area contributed by atoms with Gasteiger partial charge in [-0.25, -0.2) is 4.79 Å². The molecule has 0 saturated heterocycles. The minimum absolute atomic E-state index is 0.0981. The van der Waals surface area contributed by atoms with Gasteiger partial charge in [-0.15, -0.1) is 0 Å². The van der Waals surface area contributed by atoms with Crippen molar-refractivity contribution in [2.75, 3.05) is 0 Å². The highest BCUT2D eigenvalue weighted by atomic mass is 16.6. The standard InChI is InChI=1S/C36H64O2/c1-31(2)35(37)38-36(33-26-20-14-8-4-9-15-21-27-33,34-28-22-16-10-5-11-17-23-29-34)30-32-24-18-12-6-3-7-13-19-25-32/h32-34H,1,3-30H2,2H3. The average Bonchev–Trinajstić information content (AvgIpc) is 2.93. The molecule has 0 radical (unpaired) electrons. The molecule has 0 heterocycles. The van der Waals surface area contributed by atoms with Gasteiger partial charge in [-0.2, -0.15) is 0 Å². The predicted molar refractivity (Wildman–Crippen MR) is 163 cm³/mol. The number of hydrogen-bond acceptors (Lipinski definition) is 2. The highest BCUT2D eigenvalue weighted by molar-refractivity contribution is 5.87. The summed E-state index contributed by atoms with van der Waals surface area (Å²) >= 11 is 0. The molecule has 0 bridgehead atoms. The van der Waals surface area contributed by atoms with Crippen LogP contribution in [0.3, 0.4) is 0 Å². The van der Waals surface area contributed by atoms with Crippen molar-refractivity contribution in [3.63, 3.8) is 0 Å². The van der Waals surface area contributed by atoms with Crippen LogP contribution in [0.5, 0.6) is 0 Å². The third-order valence-electron chi connectivity index (χ3n) is 10.6. The number of hydrogen-bond donors (Lipinski definition) is 0. The molecule has 3 aliphatic carbocycles. The molecule has 0 aromatic carbocycles. The van der Waals surface area contributed by atoms with Crippen molar-refractivity contribution in [1.82, 2.24) is 0 Å². The number of carbonyl (C=O) groups is 1. The van der Waals surface area contributed by atoms with Crippen LogP contribution in [0, 0.1) is 17.8 Å². The van der Waals surface area contributed by atoms with Crippen molar-refractivity contribution in [1.29, 1.82) is 0 Å². The summed E-state index contributed by atoms with van der Waals surface area (Å²) < 4.78 is 7.01. The Bertz CT molecular complexity index is 596. The van der Waals surface area contributed by atoms with E-state index in [1.54, 1.807) is 0 Å². The number of rotatable bonds is 6. The molecule has 3 rings (SSSR count). The van der Waals surface area contributed by atoms with Gasteiger partial charge in [0.25, 0.3) is 0 Å². The molecule has 0 unspecified atom stereocenters. The molecule has 0 atom stereocenters. The lowest BCUT2D eigenvalue weighted by Gasteiger charge is -2.48. The van der Waals surface area contributed by atoms with Gasteiger partial charge in [-0.1, -0.05) is 154 Å². The Morgan fingerprint density at radius 1 is 0.553 bits per heavy atom. The molecule has 38 heavy (non-hydrogen) atoms. The first kappa shape index (κ1) is 31.7. The summed E-state index contributed by atoms with van der Waals surface area (Å²) in [6.45, 7) is 5.95. The fourth-order valence-electron chi connectivity index (χ4n) is 8.28. The van der Waals surface area contributed by atoms with Crippen LogP contribution in [0.1, 0.15) is 187 Å². The van der Waals surface area contributed by atoms with E-state index in [9.17, 15) is 4.79 Å². The molecule has 2 nitrogen and oxygen atoms in total. The van der Waals surface area contributed by atoms with Crippen LogP contribution in [-0.4, -0.2) is 11.6 Å². The summed E-state index contributed by atoms with van der Waals surface area (Å²) in [7, 11) is 0. The molecule has 2 heteroatoms. The summed E-state index contributed by atoms with van der Waals surface area (Å²) in [5.41, 5.74) is 0.309. The van der Waals surface area contributed by atoms with Gasteiger partial charge in [0, 0.05) is 5.57 Å². The van der Waals surface area contributed by atoms with Crippen LogP contribution in [0.25, 0.3) is 0 Å². The molecule has 0 spiro atoms. The maximum absolute atomic E-state index is 13.5. The smallest absolute Gasteiger partial charge is 0.333 e. The molecule has 0 N–H and O–H groups in total. The third-order valence-corrected chi connectivity index (χ3v) is 10.6. The van der Waals surface area contributed by atoms with E-state index in [2.05, 4.69) is 6.58 Å². The van der Waals surface area contributed by atoms with Crippen molar-refractivity contribution in [2.24, 2.45) is 17.8 Å². The average molecular weight is 529 g/mol. The molecule has 0 amide bonds. The summed E-state index contributed by atoms with van der Waals surface area (Å²) in [5.74, 6) is 1.65. The van der Waals surface area contributed by atoms with Gasteiger partial charge in [0.05, 0.1) is 0 Å². The lowest BCUT2D eigenvalue weighted by atomic mass is 9.64. The monoisotopic (exact) mass is 528 g/mol. The number of ether oxygens (including phenoxy) is 1. The Morgan fingerprint density at radius 3 is 1.16 bits per heavy atom. The quantitative estimate of drug-likeness (QED) is 0.253. The minimum Gasteiger partial charge on any atom is -0.455 e. The Hall–Kier alpha value is -0.790. The van der Waals surface area contributed by atoms with Crippen LogP contribution in [0.4, 0.5) is 0 Å². The van der Waals surface area contributed by atoms with Crippen LogP contribution in [0.15, 0.2) is 12.2 Å². The highest BCUT2D eigenvalue weighted by Gasteiger charge is 2.48. The summed E-state index contributed by atoms with van der Waals surface area (Å²) in [5, 5.41) is 0. The van der Waals surface area contributed by atoms with Gasteiger partial charge in [0.2, 0.25) is 0 Å². The normalized spacial score (nSPS) is 24.2. The maximum atomic E-state index is 13.5. The van der Waals surface area contributed by atoms with Crippen molar-refractivity contribution in [3.8, 4) is 0 Å². The fourth-order valence-corrected chi connectivity index (χ4v) is 8.28. The van der Waals surface area contributed by atoms with Crippen molar-refractivity contribution >= 4 is 5.97 Å². The lowest BCUT2D eigenvalue weighted by Crippen LogP contribution is -2.51. The van der Waals surface area contributed by atoms with Crippen molar-refractivity contribution < 1.29 is 9.53 Å². The zero-order valence-corrected chi connectivity index (χ0v) is 25.6. The number of carbonyl (C=O) groups excluding carboxylic acids is 1. The van der Waals surface area contributed by atoms with E-state index in [0.29, 0.717) is 23.3 Å². The van der Waals surface area contributed by atoms with Crippen LogP contribution in [-0.2, 0) is 9.53 Å². The third kappa shape index (κ3) is 11.0. The van der Waals surface area contributed by atoms with E-state index in [1.165, 1.54) is 173 Å². The minimum atomic E-state index is -0.288. The zero-order valence-electron chi connectivity index (χ0n) is 25.6. The Kier molecular flexibility index (Phi) is 15.5. The highest BCUT2D eigenvalue weighted by Crippen LogP contribution is 2.48. The van der Waals surface area contributed by atoms with E-state index < -0.39 is 0 Å². The molecule has 3 aliphatic rings. The first-order valence-electron chi connectivity index (χ1n) is 17.5. The molecular formula is C36H64O2. The molecule has 0 aromatic heterocycles. The van der Waals surface area contributed by atoms with Crippen LogP contribution in [0.2, 0.25) is 0 Å². The van der Waals surface area contributed by atoms with Gasteiger partial charge in [0.15, 0.2) is 0 Å². The van der Waals surface area contributed by atoms with E-state index >= 15 is 0 Å². The maximum Gasteiger partial charge on any atom is 0.333 e. The fraction of sp³-hybridized carbons (Fsp3) is 0.917. The zero-order chi connectivity index (χ0) is 26.9. The predicted octanol–water partition coefficient (Wildman–Crippen LogP) is 11.7. The topological polar surface area (TPSA) is 26.3 Å². The molecule has 3 fully saturated rings. The SMILES string of the molecule is C=C(C)C(=O)OC(CC1CCCCCCCCC1)(C1CCCCCCCCC1)C1CCCCCCCCC1. The summed E-state index contributed by atoms with van der Waals surface area (Å²) in [6.07, 6.45) is 37.6. The van der Waals surface area contributed by atoms with E-state index in [-0.39, 0.29) is 11.6 Å². The van der Waals surface area contributed by atoms with Crippen molar-refractivity contribution in [2.45, 2.75) is 192 Å². The second kappa shape index (κ2) is 18.5. The van der Waals surface area contributed by atoms with Gasteiger partial charge in [-0.3, -0.25) is 0 Å². The molecule has 3 saturated carbocycles. The van der Waals surface area contributed by atoms with Crippen LogP contribution < -0.4 is 0 Å². The van der Waals surface area contributed by atoms with E-state index in [0.717, 1.165) is 6.42 Å².